The molecule has 0 bridgehead atoms. The van der Waals surface area contributed by atoms with Gasteiger partial charge in [-0.1, -0.05) is 26.8 Å². The van der Waals surface area contributed by atoms with E-state index in [4.69, 9.17) is 0 Å². The zero-order valence-corrected chi connectivity index (χ0v) is 20.0. The second kappa shape index (κ2) is 15.1. The van der Waals surface area contributed by atoms with Crippen LogP contribution in [-0.2, 0) is 25.8 Å². The van der Waals surface area contributed by atoms with E-state index >= 15 is 0 Å². The first-order valence-electron chi connectivity index (χ1n) is 6.48. The molecule has 0 atom stereocenters. The zero-order chi connectivity index (χ0) is 13.6. The van der Waals surface area contributed by atoms with Crippen LogP contribution in [0.15, 0.2) is 42.5 Å². The topological polar surface area (TPSA) is 3.24 Å². The maximum absolute atomic E-state index is 2.31. The number of fused-ring (bicyclic) bond motifs is 1. The molecule has 0 aromatic heterocycles. The molecule has 2 aromatic carbocycles. The van der Waals surface area contributed by atoms with Gasteiger partial charge in [0, 0.05) is 25.8 Å². The van der Waals surface area contributed by atoms with E-state index in [0.29, 0.717) is 5.41 Å². The first-order chi connectivity index (χ1) is 8.38. The molecule has 0 aliphatic rings. The van der Waals surface area contributed by atoms with Gasteiger partial charge in [-0.15, -0.1) is 73.4 Å². The second-order valence-corrected chi connectivity index (χ2v) is 5.99. The van der Waals surface area contributed by atoms with E-state index in [1.165, 1.54) is 10.8 Å². The number of hydrogen-bond donors (Lipinski definition) is 0. The van der Waals surface area contributed by atoms with Crippen molar-refractivity contribution in [2.45, 2.75) is 20.8 Å². The number of hydrogen-bond acceptors (Lipinski definition) is 1. The van der Waals surface area contributed by atoms with E-state index in [9.17, 15) is 0 Å². The monoisotopic (exact) mass is 531 g/mol. The third-order valence-corrected chi connectivity index (χ3v) is 2.62. The Labute approximate surface area is 173 Å². The summed E-state index contributed by atoms with van der Waals surface area (Å²) in [6, 6.07) is 14.7. The van der Waals surface area contributed by atoms with Crippen LogP contribution in [0.5, 0.6) is 0 Å². The van der Waals surface area contributed by atoms with Crippen molar-refractivity contribution in [2.24, 2.45) is 5.41 Å². The number of rotatable bonds is 2. The van der Waals surface area contributed by atoms with Gasteiger partial charge in [-0.25, -0.2) is 0 Å². The van der Waals surface area contributed by atoms with Crippen LogP contribution in [0, 0.1) is 11.8 Å². The molecule has 0 saturated carbocycles. The SMILES string of the molecule is CN(C)C[CH-]C(C)(C)C.Cl.Cl.Cl.[Hf].c1ccc2[cH-]ccc2c1. The van der Waals surface area contributed by atoms with E-state index in [1.54, 1.807) is 0 Å². The first-order valence-corrected chi connectivity index (χ1v) is 6.48. The number of nitrogens with zero attached hydrogens (tertiary/aromatic N) is 1. The predicted octanol–water partition coefficient (Wildman–Crippen LogP) is 5.62. The Kier molecular flexibility index (Phi) is 20.9. The van der Waals surface area contributed by atoms with Gasteiger partial charge in [-0.3, -0.25) is 0 Å². The van der Waals surface area contributed by atoms with Gasteiger partial charge in [0.2, 0.25) is 0 Å². The summed E-state index contributed by atoms with van der Waals surface area (Å²) in [5.74, 6) is 0. The quantitative estimate of drug-likeness (QED) is 0.360. The van der Waals surface area contributed by atoms with Crippen molar-refractivity contribution in [1.82, 2.24) is 4.90 Å². The Balaban J connectivity index is -0.000000125. The van der Waals surface area contributed by atoms with E-state index in [-0.39, 0.29) is 63.1 Å². The Morgan fingerprint density at radius 3 is 1.95 bits per heavy atom. The van der Waals surface area contributed by atoms with Gasteiger partial charge in [0.15, 0.2) is 0 Å². The Hall–Kier alpha value is 0.530. The van der Waals surface area contributed by atoms with Crippen LogP contribution in [0.4, 0.5) is 0 Å². The smallest absolute Gasteiger partial charge is 0 e. The van der Waals surface area contributed by atoms with Crippen molar-refractivity contribution in [3.63, 3.8) is 0 Å². The van der Waals surface area contributed by atoms with E-state index in [1.807, 2.05) is 0 Å². The average molecular weight is 531 g/mol. The molecule has 5 heteroatoms. The van der Waals surface area contributed by atoms with Crippen molar-refractivity contribution in [1.29, 1.82) is 0 Å². The van der Waals surface area contributed by atoms with Gasteiger partial charge in [-0.05, 0) is 14.1 Å². The molecule has 128 valence electrons. The van der Waals surface area contributed by atoms with E-state index in [2.05, 4.69) is 88.7 Å². The Morgan fingerprint density at radius 2 is 1.55 bits per heavy atom. The Bertz CT molecular complexity index is 434. The van der Waals surface area contributed by atoms with Gasteiger partial charge in [0.25, 0.3) is 0 Å². The molecule has 0 aliphatic heterocycles. The molecule has 0 radical (unpaired) electrons. The van der Waals surface area contributed by atoms with Crippen LogP contribution in [0.3, 0.4) is 0 Å². The van der Waals surface area contributed by atoms with Gasteiger partial charge < -0.3 is 11.3 Å². The summed E-state index contributed by atoms with van der Waals surface area (Å²) in [7, 11) is 4.17. The molecule has 2 rings (SSSR count). The summed E-state index contributed by atoms with van der Waals surface area (Å²) in [5.41, 5.74) is 0.365. The minimum Gasteiger partial charge on any atom is -0.339 e. The molecule has 0 heterocycles. The van der Waals surface area contributed by atoms with E-state index < -0.39 is 0 Å². The summed E-state index contributed by atoms with van der Waals surface area (Å²) in [6.45, 7) is 7.73. The molecular formula is C17H28Cl3HfN-2. The molecule has 0 aliphatic carbocycles. The zero-order valence-electron chi connectivity index (χ0n) is 14.0. The van der Waals surface area contributed by atoms with Crippen LogP contribution in [0.1, 0.15) is 20.8 Å². The molecule has 0 N–H and O–H groups in total. The van der Waals surface area contributed by atoms with Crippen LogP contribution in [0.25, 0.3) is 10.8 Å². The summed E-state index contributed by atoms with van der Waals surface area (Å²) in [4.78, 5) is 2.17. The van der Waals surface area contributed by atoms with Crippen molar-refractivity contribution < 1.29 is 25.8 Å². The molecule has 22 heavy (non-hydrogen) atoms. The van der Waals surface area contributed by atoms with Crippen molar-refractivity contribution >= 4 is 48.0 Å². The maximum atomic E-state index is 2.31. The molecule has 2 aromatic rings. The summed E-state index contributed by atoms with van der Waals surface area (Å²) >= 11 is 0. The second-order valence-electron chi connectivity index (χ2n) is 5.99. The van der Waals surface area contributed by atoms with Crippen molar-refractivity contribution in [3.05, 3.63) is 48.9 Å². The molecule has 0 spiro atoms. The standard InChI is InChI=1S/C9H7.C8H18N.3ClH.Hf/c1-2-5-9-7-3-6-8(9)4-1;1-8(2,3)6-7-9(4)5;;;;/h1-7H;6H,7H2,1-5H3;3*1H;/q2*-1;;;;. The minimum atomic E-state index is 0. The molecule has 0 amide bonds. The summed E-state index contributed by atoms with van der Waals surface area (Å²) in [5, 5.41) is 2.66. The predicted molar refractivity (Wildman–Crippen MR) is 104 cm³/mol. The number of benzene rings is 1. The third kappa shape index (κ3) is 14.1. The third-order valence-electron chi connectivity index (χ3n) is 2.62. The Morgan fingerprint density at radius 1 is 1.00 bits per heavy atom. The molecular weight excluding hydrogens is 503 g/mol. The first kappa shape index (κ1) is 30.4. The van der Waals surface area contributed by atoms with Gasteiger partial charge in [0.1, 0.15) is 0 Å². The molecule has 0 saturated heterocycles. The fourth-order valence-corrected chi connectivity index (χ4v) is 1.53. The largest absolute Gasteiger partial charge is 0.339 e. The molecule has 0 unspecified atom stereocenters. The van der Waals surface area contributed by atoms with Gasteiger partial charge in [-0.2, -0.15) is 22.9 Å². The van der Waals surface area contributed by atoms with Crippen molar-refractivity contribution in [3.8, 4) is 0 Å². The normalized spacial score (nSPS) is 9.36. The molecule has 0 fully saturated rings. The summed E-state index contributed by atoms with van der Waals surface area (Å²) < 4.78 is 0. The summed E-state index contributed by atoms with van der Waals surface area (Å²) in [6.07, 6.45) is 2.31. The molecule has 1 nitrogen and oxygen atoms in total. The van der Waals surface area contributed by atoms with Crippen LogP contribution in [-0.4, -0.2) is 25.5 Å². The van der Waals surface area contributed by atoms with E-state index in [0.717, 1.165) is 6.54 Å². The van der Waals surface area contributed by atoms with Gasteiger partial charge in [0.05, 0.1) is 0 Å². The van der Waals surface area contributed by atoms with Gasteiger partial charge >= 0.3 is 0 Å². The average Bonchev–Trinajstić information content (AvgIpc) is 2.74. The van der Waals surface area contributed by atoms with Crippen LogP contribution in [0.2, 0.25) is 0 Å². The maximum Gasteiger partial charge on any atom is 0 e. The van der Waals surface area contributed by atoms with Crippen LogP contribution < -0.4 is 0 Å². The number of halogens is 3. The minimum absolute atomic E-state index is 0. The fourth-order valence-electron chi connectivity index (χ4n) is 1.53. The van der Waals surface area contributed by atoms with Crippen molar-refractivity contribution in [2.75, 3.05) is 20.6 Å². The van der Waals surface area contributed by atoms with Crippen LogP contribution >= 0.6 is 37.2 Å². The fraction of sp³-hybridized carbons (Fsp3) is 0.412.